The number of allylic oxidation sites excluding steroid dienone is 7. The predicted octanol–water partition coefficient (Wildman–Crippen LogP) is 13.7. The zero-order valence-corrected chi connectivity index (χ0v) is 37.8. The van der Waals surface area contributed by atoms with Gasteiger partial charge in [-0.1, -0.05) is 124 Å². The molecule has 0 bridgehead atoms. The van der Waals surface area contributed by atoms with Crippen molar-refractivity contribution < 1.29 is 0 Å². The Bertz CT molecular complexity index is 1780. The highest BCUT2D eigenvalue weighted by atomic mass is 32.1. The highest BCUT2D eigenvalue weighted by Gasteiger charge is 2.45. The molecule has 4 rings (SSSR count). The summed E-state index contributed by atoms with van der Waals surface area (Å²) >= 11 is 1.90. The van der Waals surface area contributed by atoms with Crippen LogP contribution in [0.15, 0.2) is 115 Å². The van der Waals surface area contributed by atoms with Crippen LogP contribution in [0.1, 0.15) is 133 Å². The third-order valence-corrected chi connectivity index (χ3v) is 13.9. The molecule has 1 radical (unpaired) electrons. The Hall–Kier alpha value is -3.24. The predicted molar refractivity (Wildman–Crippen MR) is 248 cm³/mol. The molecule has 2 aliphatic carbocycles. The largest absolute Gasteiger partial charge is 0.388 e. The number of nitrogens with one attached hydrogen (secondary N) is 1. The Kier molecular flexibility index (Phi) is 14.8. The van der Waals surface area contributed by atoms with Gasteiger partial charge in [0.15, 0.2) is 7.28 Å². The zero-order valence-electron chi connectivity index (χ0n) is 37.0. The molecule has 0 spiro atoms. The molecule has 1 N–H and O–H groups in total. The van der Waals surface area contributed by atoms with Gasteiger partial charge in [-0.2, -0.15) is 11.3 Å². The highest BCUT2D eigenvalue weighted by Crippen LogP contribution is 2.53. The fourth-order valence-electron chi connectivity index (χ4n) is 8.74. The summed E-state index contributed by atoms with van der Waals surface area (Å²) in [5.41, 5.74) is 7.49. The van der Waals surface area contributed by atoms with Crippen molar-refractivity contribution in [3.63, 3.8) is 0 Å². The number of hydrogen-bond acceptors (Lipinski definition) is 3. The Morgan fingerprint density at radius 3 is 2.18 bits per heavy atom. The number of thiophene rings is 1. The highest BCUT2D eigenvalue weighted by molar-refractivity contribution is 7.27. The summed E-state index contributed by atoms with van der Waals surface area (Å²) in [6, 6.07) is 7.44. The molecule has 0 saturated heterocycles. The molecule has 0 aliphatic heterocycles. The van der Waals surface area contributed by atoms with Crippen molar-refractivity contribution >= 4 is 33.5 Å². The molecular weight excluding hydrogens is 683 g/mol. The molecule has 3 atom stereocenters. The lowest BCUT2D eigenvalue weighted by Crippen LogP contribution is -2.42. The minimum absolute atomic E-state index is 0.0742. The Morgan fingerprint density at radius 2 is 1.56 bits per heavy atom. The van der Waals surface area contributed by atoms with E-state index in [0.717, 1.165) is 18.5 Å². The van der Waals surface area contributed by atoms with Crippen LogP contribution in [0.4, 0.5) is 0 Å². The summed E-state index contributed by atoms with van der Waals surface area (Å²) in [6.45, 7) is 39.9. The molecule has 4 heteroatoms. The summed E-state index contributed by atoms with van der Waals surface area (Å²) in [5.74, 6) is 3.70. The molecule has 1 fully saturated rings. The van der Waals surface area contributed by atoms with E-state index in [1.54, 1.807) is 0 Å². The summed E-state index contributed by atoms with van der Waals surface area (Å²) in [5, 5.41) is 4.97. The number of hydrogen-bond donors (Lipinski definition) is 1. The maximum atomic E-state index is 4.69. The van der Waals surface area contributed by atoms with Crippen molar-refractivity contribution in [2.45, 2.75) is 139 Å². The van der Waals surface area contributed by atoms with Crippen LogP contribution in [-0.4, -0.2) is 24.8 Å². The molecule has 2 nitrogen and oxygen atoms in total. The number of rotatable bonds is 16. The summed E-state index contributed by atoms with van der Waals surface area (Å²) < 4.78 is 2.67. The molecule has 55 heavy (non-hydrogen) atoms. The van der Waals surface area contributed by atoms with Crippen LogP contribution in [0, 0.1) is 28.6 Å². The number of benzene rings is 1. The first-order valence-corrected chi connectivity index (χ1v) is 21.8. The number of fused-ring (bicyclic) bond motifs is 2. The van der Waals surface area contributed by atoms with Gasteiger partial charge >= 0.3 is 0 Å². The Balaban J connectivity index is 1.64. The van der Waals surface area contributed by atoms with E-state index in [2.05, 4.69) is 206 Å². The number of nitrogens with zero attached hydrogens (tertiary/aromatic N) is 1. The van der Waals surface area contributed by atoms with Gasteiger partial charge in [0.25, 0.3) is 0 Å². The normalized spacial score (nSPS) is 22.9. The van der Waals surface area contributed by atoms with E-state index >= 15 is 0 Å². The van der Waals surface area contributed by atoms with Crippen LogP contribution in [0.25, 0.3) is 10.1 Å². The van der Waals surface area contributed by atoms with Gasteiger partial charge in [-0.25, -0.2) is 0 Å². The van der Waals surface area contributed by atoms with Crippen molar-refractivity contribution in [1.29, 1.82) is 0 Å². The Morgan fingerprint density at radius 1 is 0.927 bits per heavy atom. The van der Waals surface area contributed by atoms with Gasteiger partial charge in [0, 0.05) is 23.1 Å². The minimum Gasteiger partial charge on any atom is -0.388 e. The molecule has 1 saturated carbocycles. The van der Waals surface area contributed by atoms with Crippen LogP contribution in [-0.2, 0) is 10.8 Å². The minimum atomic E-state index is 0.0742. The van der Waals surface area contributed by atoms with E-state index in [9.17, 15) is 0 Å². The van der Waals surface area contributed by atoms with Crippen molar-refractivity contribution in [3.05, 3.63) is 126 Å². The molecule has 297 valence electrons. The Labute approximate surface area is 342 Å². The van der Waals surface area contributed by atoms with Gasteiger partial charge in [-0.05, 0) is 155 Å². The summed E-state index contributed by atoms with van der Waals surface area (Å²) in [4.78, 5) is 2.43. The molecular formula is C51H74BN2S. The smallest absolute Gasteiger partial charge is 0.197 e. The van der Waals surface area contributed by atoms with E-state index in [-0.39, 0.29) is 27.7 Å². The average molecular weight is 758 g/mol. The van der Waals surface area contributed by atoms with E-state index in [1.807, 2.05) is 11.3 Å². The third kappa shape index (κ3) is 11.0. The van der Waals surface area contributed by atoms with Crippen LogP contribution >= 0.6 is 11.3 Å². The van der Waals surface area contributed by atoms with E-state index in [4.69, 9.17) is 0 Å². The van der Waals surface area contributed by atoms with E-state index < -0.39 is 0 Å². The van der Waals surface area contributed by atoms with Gasteiger partial charge in [-0.15, -0.1) is 6.58 Å². The van der Waals surface area contributed by atoms with E-state index in [1.165, 1.54) is 62.9 Å². The molecule has 1 aromatic heterocycles. The van der Waals surface area contributed by atoms with Gasteiger partial charge < -0.3 is 10.2 Å². The van der Waals surface area contributed by atoms with Crippen LogP contribution in [0.2, 0.25) is 0 Å². The topological polar surface area (TPSA) is 15.3 Å². The van der Waals surface area contributed by atoms with Crippen LogP contribution < -0.4 is 10.1 Å². The summed E-state index contributed by atoms with van der Waals surface area (Å²) in [6.07, 6.45) is 28.1. The monoisotopic (exact) mass is 758 g/mol. The molecule has 0 amide bonds. The SMILES string of the molecule is C=CC1C(/C=C/NC/C=C/N(/C(C)=C\[B]c2cc3cc4c(cc3s2)C(C)(C)CCC4(C)C)C(C/C=C/C(C)C)C(=C)/C(C)=C/C=C\C)C(C)(C)CCC1(C)C. The first-order chi connectivity index (χ1) is 25.7. The summed E-state index contributed by atoms with van der Waals surface area (Å²) in [7, 11) is 2.31. The first kappa shape index (κ1) is 44.5. The van der Waals surface area contributed by atoms with Crippen molar-refractivity contribution in [2.75, 3.05) is 6.54 Å². The molecule has 2 aromatic rings. The van der Waals surface area contributed by atoms with Crippen LogP contribution in [0.5, 0.6) is 0 Å². The lowest BCUT2D eigenvalue weighted by molar-refractivity contribution is 0.0345. The van der Waals surface area contributed by atoms with Crippen molar-refractivity contribution in [1.82, 2.24) is 10.2 Å². The van der Waals surface area contributed by atoms with Gasteiger partial charge in [0.1, 0.15) is 0 Å². The lowest BCUT2D eigenvalue weighted by Gasteiger charge is -2.50. The fourth-order valence-corrected chi connectivity index (χ4v) is 9.73. The van der Waals surface area contributed by atoms with Gasteiger partial charge in [0.2, 0.25) is 0 Å². The maximum absolute atomic E-state index is 4.69. The lowest BCUT2D eigenvalue weighted by atomic mass is 9.54. The quantitative estimate of drug-likeness (QED) is 0.0794. The fraction of sp³-hybridized carbons (Fsp3) is 0.529. The standard InChI is InChI=1S/C51H74BN2S/c1-16-18-22-37(5)39(7)45(23-19-21-36(3)4)54(31-20-29-53-30-24-42-41(17-2)48(8,9)25-26-49(42,10)11)38(6)35-52-47-33-40-32-43-44(34-46(40)55-47)51(14,15)28-27-50(43,12)13/h16-22,24,30-36,41-42,45,53H,2,7,23,25-29H2,1,3-6,8-15H3/b18-16-,21-19+,30-24+,31-20+,37-22+,38-35-. The molecule has 1 aromatic carbocycles. The van der Waals surface area contributed by atoms with Gasteiger partial charge in [0.05, 0.1) is 6.04 Å². The first-order valence-electron chi connectivity index (χ1n) is 21.0. The average Bonchev–Trinajstić information content (AvgIpc) is 3.53. The second-order valence-electron chi connectivity index (χ2n) is 19.5. The second kappa shape index (κ2) is 18.4. The van der Waals surface area contributed by atoms with Crippen LogP contribution in [0.3, 0.4) is 0 Å². The molecule has 1 heterocycles. The maximum Gasteiger partial charge on any atom is 0.197 e. The molecule has 2 aliphatic rings. The molecule has 3 unspecified atom stereocenters. The van der Waals surface area contributed by atoms with Gasteiger partial charge in [-0.3, -0.25) is 0 Å². The van der Waals surface area contributed by atoms with Crippen molar-refractivity contribution in [3.8, 4) is 0 Å². The van der Waals surface area contributed by atoms with E-state index in [0.29, 0.717) is 17.8 Å². The van der Waals surface area contributed by atoms with Crippen molar-refractivity contribution in [2.24, 2.45) is 28.6 Å². The second-order valence-corrected chi connectivity index (χ2v) is 20.6. The zero-order chi connectivity index (χ0) is 40.8. The third-order valence-electron chi connectivity index (χ3n) is 12.9.